The highest BCUT2D eigenvalue weighted by molar-refractivity contribution is 5.92. The van der Waals surface area contributed by atoms with Gasteiger partial charge in [0.2, 0.25) is 5.91 Å². The van der Waals surface area contributed by atoms with Crippen molar-refractivity contribution < 1.29 is 9.90 Å². The molecule has 19 heavy (non-hydrogen) atoms. The molecule has 1 aromatic carbocycles. The van der Waals surface area contributed by atoms with Gasteiger partial charge in [-0.3, -0.25) is 9.78 Å². The number of carbonyl (C=O) groups is 1. The summed E-state index contributed by atoms with van der Waals surface area (Å²) in [4.78, 5) is 16.1. The molecule has 0 radical (unpaired) electrons. The molecule has 2 N–H and O–H groups in total. The molecule has 0 saturated carbocycles. The highest BCUT2D eigenvalue weighted by Gasteiger charge is 2.07. The van der Waals surface area contributed by atoms with E-state index in [1.165, 1.54) is 0 Å². The van der Waals surface area contributed by atoms with Crippen LogP contribution in [0.1, 0.15) is 16.8 Å². The van der Waals surface area contributed by atoms with Gasteiger partial charge in [-0.2, -0.15) is 0 Å². The van der Waals surface area contributed by atoms with Crippen LogP contribution in [0.2, 0.25) is 0 Å². The minimum absolute atomic E-state index is 0.00135. The van der Waals surface area contributed by atoms with Crippen molar-refractivity contribution >= 4 is 11.6 Å². The maximum Gasteiger partial charge on any atom is 0.230 e. The third-order valence-corrected chi connectivity index (χ3v) is 2.87. The van der Waals surface area contributed by atoms with E-state index >= 15 is 0 Å². The monoisotopic (exact) mass is 256 g/mol. The van der Waals surface area contributed by atoms with Gasteiger partial charge in [-0.15, -0.1) is 0 Å². The van der Waals surface area contributed by atoms with Crippen LogP contribution in [0.3, 0.4) is 0 Å². The number of aliphatic hydroxyl groups is 1. The van der Waals surface area contributed by atoms with Gasteiger partial charge in [-0.25, -0.2) is 0 Å². The number of benzene rings is 1. The van der Waals surface area contributed by atoms with Gasteiger partial charge >= 0.3 is 0 Å². The molecule has 1 heterocycles. The third kappa shape index (κ3) is 3.63. The van der Waals surface area contributed by atoms with Gasteiger partial charge in [0.1, 0.15) is 0 Å². The predicted octanol–water partition coefficient (Wildman–Crippen LogP) is 2.06. The van der Waals surface area contributed by atoms with E-state index in [4.69, 9.17) is 5.11 Å². The summed E-state index contributed by atoms with van der Waals surface area (Å²) in [5, 5.41) is 11.7. The Bertz CT molecular complexity index is 565. The van der Waals surface area contributed by atoms with E-state index in [0.717, 1.165) is 22.5 Å². The standard InChI is InChI=1S/C15H16N2O2/c1-11-3-2-8-16-14(11)9-15(19)17-13-6-4-12(10-18)5-7-13/h2-8,18H,9-10H2,1H3,(H,17,19). The fourth-order valence-electron chi connectivity index (χ4n) is 1.75. The number of carbonyl (C=O) groups excluding carboxylic acids is 1. The Morgan fingerprint density at radius 3 is 2.63 bits per heavy atom. The molecule has 0 atom stereocenters. The van der Waals surface area contributed by atoms with Crippen molar-refractivity contribution in [2.24, 2.45) is 0 Å². The van der Waals surface area contributed by atoms with Crippen molar-refractivity contribution in [3.05, 3.63) is 59.4 Å². The van der Waals surface area contributed by atoms with Crippen molar-refractivity contribution in [2.75, 3.05) is 5.32 Å². The molecule has 0 spiro atoms. The fourth-order valence-corrected chi connectivity index (χ4v) is 1.75. The lowest BCUT2D eigenvalue weighted by Crippen LogP contribution is -2.15. The molecule has 2 aromatic rings. The van der Waals surface area contributed by atoms with Crippen LogP contribution in [0.4, 0.5) is 5.69 Å². The smallest absolute Gasteiger partial charge is 0.230 e. The lowest BCUT2D eigenvalue weighted by Gasteiger charge is -2.07. The Morgan fingerprint density at radius 1 is 1.26 bits per heavy atom. The van der Waals surface area contributed by atoms with Crippen LogP contribution in [-0.2, 0) is 17.8 Å². The van der Waals surface area contributed by atoms with Gasteiger partial charge in [0.05, 0.1) is 18.7 Å². The minimum atomic E-state index is -0.0986. The van der Waals surface area contributed by atoms with Crippen molar-refractivity contribution in [1.29, 1.82) is 0 Å². The number of nitrogens with zero attached hydrogens (tertiary/aromatic N) is 1. The topological polar surface area (TPSA) is 62.2 Å². The molecule has 2 rings (SSSR count). The van der Waals surface area contributed by atoms with E-state index in [1.54, 1.807) is 30.5 Å². The van der Waals surface area contributed by atoms with Crippen molar-refractivity contribution in [2.45, 2.75) is 20.0 Å². The number of hydrogen-bond donors (Lipinski definition) is 2. The van der Waals surface area contributed by atoms with E-state index < -0.39 is 0 Å². The highest BCUT2D eigenvalue weighted by Crippen LogP contribution is 2.11. The summed E-state index contributed by atoms with van der Waals surface area (Å²) in [6, 6.07) is 10.9. The van der Waals surface area contributed by atoms with Crippen LogP contribution in [0.15, 0.2) is 42.6 Å². The van der Waals surface area contributed by atoms with E-state index in [0.29, 0.717) is 0 Å². The Morgan fingerprint density at radius 2 is 2.00 bits per heavy atom. The van der Waals surface area contributed by atoms with Gasteiger partial charge in [0.25, 0.3) is 0 Å². The lowest BCUT2D eigenvalue weighted by atomic mass is 10.1. The fraction of sp³-hybridized carbons (Fsp3) is 0.200. The van der Waals surface area contributed by atoms with Crippen LogP contribution in [0.25, 0.3) is 0 Å². The second kappa shape index (κ2) is 6.11. The number of pyridine rings is 1. The molecule has 98 valence electrons. The first-order valence-electron chi connectivity index (χ1n) is 6.09. The van der Waals surface area contributed by atoms with E-state index in [-0.39, 0.29) is 18.9 Å². The summed E-state index contributed by atoms with van der Waals surface area (Å²) in [5.74, 6) is -0.0986. The number of rotatable bonds is 4. The zero-order valence-corrected chi connectivity index (χ0v) is 10.8. The van der Waals surface area contributed by atoms with Gasteiger partial charge in [-0.05, 0) is 36.2 Å². The molecule has 0 aliphatic carbocycles. The maximum atomic E-state index is 11.9. The number of hydrogen-bond acceptors (Lipinski definition) is 3. The lowest BCUT2D eigenvalue weighted by molar-refractivity contribution is -0.115. The summed E-state index contributed by atoms with van der Waals surface area (Å²) < 4.78 is 0. The van der Waals surface area contributed by atoms with Gasteiger partial charge < -0.3 is 10.4 Å². The number of amides is 1. The van der Waals surface area contributed by atoms with Gasteiger partial charge in [-0.1, -0.05) is 18.2 Å². The van der Waals surface area contributed by atoms with Crippen LogP contribution in [-0.4, -0.2) is 16.0 Å². The molecule has 0 aliphatic heterocycles. The minimum Gasteiger partial charge on any atom is -0.392 e. The molecule has 0 aliphatic rings. The number of anilines is 1. The molecular formula is C15H16N2O2. The quantitative estimate of drug-likeness (QED) is 0.880. The van der Waals surface area contributed by atoms with Crippen molar-refractivity contribution in [3.8, 4) is 0 Å². The highest BCUT2D eigenvalue weighted by atomic mass is 16.3. The Labute approximate surface area is 112 Å². The normalized spacial score (nSPS) is 10.2. The zero-order valence-electron chi connectivity index (χ0n) is 10.8. The number of aliphatic hydroxyl groups excluding tert-OH is 1. The van der Waals surface area contributed by atoms with Gasteiger partial charge in [0.15, 0.2) is 0 Å². The molecule has 4 nitrogen and oxygen atoms in total. The van der Waals surface area contributed by atoms with Gasteiger partial charge in [0, 0.05) is 11.9 Å². The molecule has 0 bridgehead atoms. The Hall–Kier alpha value is -2.20. The summed E-state index contributed by atoms with van der Waals surface area (Å²) in [6.45, 7) is 1.94. The van der Waals surface area contributed by atoms with Crippen molar-refractivity contribution in [3.63, 3.8) is 0 Å². The molecule has 0 unspecified atom stereocenters. The summed E-state index contributed by atoms with van der Waals surface area (Å²) in [6.07, 6.45) is 1.94. The maximum absolute atomic E-state index is 11.9. The van der Waals surface area contributed by atoms with E-state index in [9.17, 15) is 4.79 Å². The number of nitrogens with one attached hydrogen (secondary N) is 1. The predicted molar refractivity (Wildman–Crippen MR) is 73.7 cm³/mol. The average molecular weight is 256 g/mol. The average Bonchev–Trinajstić information content (AvgIpc) is 2.42. The second-order valence-electron chi connectivity index (χ2n) is 4.35. The molecule has 1 amide bonds. The zero-order chi connectivity index (χ0) is 13.7. The molecular weight excluding hydrogens is 240 g/mol. The van der Waals surface area contributed by atoms with E-state index in [1.807, 2.05) is 19.1 Å². The van der Waals surface area contributed by atoms with Crippen LogP contribution in [0.5, 0.6) is 0 Å². The Kier molecular flexibility index (Phi) is 4.26. The first-order chi connectivity index (χ1) is 9.19. The van der Waals surface area contributed by atoms with Crippen LogP contribution in [0, 0.1) is 6.92 Å². The second-order valence-corrected chi connectivity index (χ2v) is 4.35. The largest absolute Gasteiger partial charge is 0.392 e. The van der Waals surface area contributed by atoms with Crippen LogP contribution < -0.4 is 5.32 Å². The summed E-state index contributed by atoms with van der Waals surface area (Å²) in [7, 11) is 0. The molecule has 0 saturated heterocycles. The first-order valence-corrected chi connectivity index (χ1v) is 6.09. The third-order valence-electron chi connectivity index (χ3n) is 2.87. The number of aromatic nitrogens is 1. The van der Waals surface area contributed by atoms with Crippen molar-refractivity contribution in [1.82, 2.24) is 4.98 Å². The summed E-state index contributed by atoms with van der Waals surface area (Å²) in [5.41, 5.74) is 3.33. The summed E-state index contributed by atoms with van der Waals surface area (Å²) >= 11 is 0. The van der Waals surface area contributed by atoms with Crippen LogP contribution >= 0.6 is 0 Å². The Balaban J connectivity index is 1.99. The SMILES string of the molecule is Cc1cccnc1CC(=O)Nc1ccc(CO)cc1. The number of aryl methyl sites for hydroxylation is 1. The molecule has 1 aromatic heterocycles. The molecule has 0 fully saturated rings. The first kappa shape index (κ1) is 13.2. The van der Waals surface area contributed by atoms with E-state index in [2.05, 4.69) is 10.3 Å². The molecule has 4 heteroatoms.